The molecule has 0 radical (unpaired) electrons. The SMILES string of the molecule is N#Cc1cc(NC(=O)c2ccn(-c3cccc4c(=O)[nH]ccc34)c2C(F)(F)F)ccn1. The normalized spacial score (nSPS) is 11.3. The van der Waals surface area contributed by atoms with Crippen molar-refractivity contribution in [2.75, 3.05) is 5.32 Å². The molecule has 0 aliphatic carbocycles. The topological polar surface area (TPSA) is 104 Å². The molecule has 3 heterocycles. The fourth-order valence-corrected chi connectivity index (χ4v) is 3.29. The Labute approximate surface area is 172 Å². The average Bonchev–Trinajstić information content (AvgIpc) is 3.20. The van der Waals surface area contributed by atoms with Crippen LogP contribution in [0.3, 0.4) is 0 Å². The zero-order valence-electron chi connectivity index (χ0n) is 15.6. The lowest BCUT2D eigenvalue weighted by molar-refractivity contribution is -0.142. The molecule has 0 bridgehead atoms. The number of nitrogens with one attached hydrogen (secondary N) is 2. The molecule has 31 heavy (non-hydrogen) atoms. The average molecular weight is 423 g/mol. The molecule has 1 aromatic carbocycles. The van der Waals surface area contributed by atoms with Crippen LogP contribution in [-0.4, -0.2) is 20.4 Å². The largest absolute Gasteiger partial charge is 0.432 e. The maximum absolute atomic E-state index is 14.0. The van der Waals surface area contributed by atoms with Crippen LogP contribution in [0.1, 0.15) is 21.7 Å². The van der Waals surface area contributed by atoms with Gasteiger partial charge in [-0.3, -0.25) is 9.59 Å². The van der Waals surface area contributed by atoms with Crippen LogP contribution in [0, 0.1) is 11.3 Å². The van der Waals surface area contributed by atoms with Gasteiger partial charge in [0.1, 0.15) is 17.5 Å². The predicted molar refractivity (Wildman–Crippen MR) is 106 cm³/mol. The van der Waals surface area contributed by atoms with Crippen molar-refractivity contribution in [3.05, 3.63) is 88.4 Å². The van der Waals surface area contributed by atoms with E-state index < -0.39 is 28.9 Å². The number of pyridine rings is 2. The Hall–Kier alpha value is -4.39. The highest BCUT2D eigenvalue weighted by Gasteiger charge is 2.39. The lowest BCUT2D eigenvalue weighted by atomic mass is 10.1. The van der Waals surface area contributed by atoms with Crippen LogP contribution in [0.15, 0.2) is 65.8 Å². The first-order valence-electron chi connectivity index (χ1n) is 8.86. The first-order chi connectivity index (χ1) is 14.8. The van der Waals surface area contributed by atoms with E-state index in [-0.39, 0.29) is 22.5 Å². The van der Waals surface area contributed by atoms with Gasteiger partial charge < -0.3 is 14.9 Å². The van der Waals surface area contributed by atoms with Crippen molar-refractivity contribution in [1.82, 2.24) is 14.5 Å². The van der Waals surface area contributed by atoms with Crippen LogP contribution < -0.4 is 10.9 Å². The number of H-pyrrole nitrogens is 1. The molecule has 4 rings (SSSR count). The Morgan fingerprint density at radius 3 is 2.71 bits per heavy atom. The molecular weight excluding hydrogens is 411 g/mol. The minimum Gasteiger partial charge on any atom is -0.329 e. The number of carbonyl (C=O) groups is 1. The maximum Gasteiger partial charge on any atom is 0.432 e. The number of rotatable bonds is 3. The number of hydrogen-bond donors (Lipinski definition) is 2. The van der Waals surface area contributed by atoms with E-state index in [1.54, 1.807) is 6.07 Å². The highest BCUT2D eigenvalue weighted by Crippen LogP contribution is 2.36. The molecule has 0 saturated heterocycles. The van der Waals surface area contributed by atoms with Crippen molar-refractivity contribution in [3.8, 4) is 11.8 Å². The lowest BCUT2D eigenvalue weighted by Gasteiger charge is -2.16. The Bertz CT molecular complexity index is 1410. The molecular formula is C21H12F3N5O2. The second-order valence-corrected chi connectivity index (χ2v) is 6.49. The number of halogens is 3. The van der Waals surface area contributed by atoms with Crippen molar-refractivity contribution in [2.24, 2.45) is 0 Å². The summed E-state index contributed by atoms with van der Waals surface area (Å²) in [5, 5.41) is 11.8. The molecule has 10 heteroatoms. The van der Waals surface area contributed by atoms with Gasteiger partial charge in [-0.05, 0) is 36.4 Å². The number of carbonyl (C=O) groups excluding carboxylic acids is 1. The minimum atomic E-state index is -4.87. The summed E-state index contributed by atoms with van der Waals surface area (Å²) in [4.78, 5) is 30.9. The smallest absolute Gasteiger partial charge is 0.329 e. The summed E-state index contributed by atoms with van der Waals surface area (Å²) < 4.78 is 42.8. The molecule has 0 fully saturated rings. The highest BCUT2D eigenvalue weighted by atomic mass is 19.4. The van der Waals surface area contributed by atoms with Crippen LogP contribution in [-0.2, 0) is 6.18 Å². The number of anilines is 1. The molecule has 0 saturated carbocycles. The fraction of sp³-hybridized carbons (Fsp3) is 0.0476. The minimum absolute atomic E-state index is 0.00684. The fourth-order valence-electron chi connectivity index (χ4n) is 3.29. The third-order valence-electron chi connectivity index (χ3n) is 4.58. The second-order valence-electron chi connectivity index (χ2n) is 6.49. The first kappa shape index (κ1) is 19.9. The van der Waals surface area contributed by atoms with Gasteiger partial charge in [0.25, 0.3) is 11.5 Å². The number of amides is 1. The maximum atomic E-state index is 14.0. The van der Waals surface area contributed by atoms with E-state index in [1.165, 1.54) is 48.8 Å². The zero-order valence-corrected chi connectivity index (χ0v) is 15.6. The molecule has 4 aromatic rings. The molecule has 2 N–H and O–H groups in total. The summed E-state index contributed by atoms with van der Waals surface area (Å²) in [6.45, 7) is 0. The van der Waals surface area contributed by atoms with Crippen molar-refractivity contribution < 1.29 is 18.0 Å². The van der Waals surface area contributed by atoms with Crippen molar-refractivity contribution in [3.63, 3.8) is 0 Å². The van der Waals surface area contributed by atoms with Gasteiger partial charge in [-0.2, -0.15) is 18.4 Å². The first-order valence-corrected chi connectivity index (χ1v) is 8.86. The second kappa shape index (κ2) is 7.46. The van der Waals surface area contributed by atoms with Crippen molar-refractivity contribution >= 4 is 22.4 Å². The summed E-state index contributed by atoms with van der Waals surface area (Å²) in [6.07, 6.45) is -1.14. The van der Waals surface area contributed by atoms with E-state index in [9.17, 15) is 22.8 Å². The molecule has 0 unspecified atom stereocenters. The zero-order chi connectivity index (χ0) is 22.2. The number of aromatic nitrogens is 3. The Kier molecular flexibility index (Phi) is 4.79. The Morgan fingerprint density at radius 1 is 1.16 bits per heavy atom. The Balaban J connectivity index is 1.84. The van der Waals surface area contributed by atoms with Crippen molar-refractivity contribution in [2.45, 2.75) is 6.18 Å². The van der Waals surface area contributed by atoms with Gasteiger partial charge >= 0.3 is 6.18 Å². The Morgan fingerprint density at radius 2 is 1.97 bits per heavy atom. The highest BCUT2D eigenvalue weighted by molar-refractivity contribution is 6.05. The molecule has 0 spiro atoms. The number of nitriles is 1. The van der Waals surface area contributed by atoms with Crippen LogP contribution in [0.25, 0.3) is 16.5 Å². The molecule has 0 aliphatic rings. The number of benzene rings is 1. The number of hydrogen-bond acceptors (Lipinski definition) is 4. The van der Waals surface area contributed by atoms with Gasteiger partial charge in [0.15, 0.2) is 0 Å². The van der Waals surface area contributed by atoms with Crippen LogP contribution >= 0.6 is 0 Å². The molecule has 7 nitrogen and oxygen atoms in total. The van der Waals surface area contributed by atoms with Gasteiger partial charge in [0.2, 0.25) is 0 Å². The molecule has 3 aromatic heterocycles. The van der Waals surface area contributed by atoms with E-state index in [0.717, 1.165) is 16.8 Å². The van der Waals surface area contributed by atoms with Gasteiger partial charge in [-0.15, -0.1) is 0 Å². The summed E-state index contributed by atoms with van der Waals surface area (Å²) in [7, 11) is 0. The summed E-state index contributed by atoms with van der Waals surface area (Å²) in [5.74, 6) is -1.00. The molecule has 1 amide bonds. The van der Waals surface area contributed by atoms with E-state index in [2.05, 4.69) is 15.3 Å². The third-order valence-corrected chi connectivity index (χ3v) is 4.58. The summed E-state index contributed by atoms with van der Waals surface area (Å²) in [5.41, 5.74) is -1.99. The summed E-state index contributed by atoms with van der Waals surface area (Å²) >= 11 is 0. The standard InChI is InChI=1S/C21H12F3N5O2/c22-21(23,24)18-16(20(31)28-12-4-7-26-13(10-12)11-25)6-9-29(18)17-3-1-2-15-14(17)5-8-27-19(15)30/h1-10H,(H,27,30)(H,26,28,31). The number of alkyl halides is 3. The monoisotopic (exact) mass is 423 g/mol. The van der Waals surface area contributed by atoms with E-state index in [0.29, 0.717) is 5.39 Å². The quantitative estimate of drug-likeness (QED) is 0.522. The number of fused-ring (bicyclic) bond motifs is 1. The van der Waals surface area contributed by atoms with Crippen LogP contribution in [0.5, 0.6) is 0 Å². The lowest BCUT2D eigenvalue weighted by Crippen LogP contribution is -2.20. The van der Waals surface area contributed by atoms with Gasteiger partial charge in [0.05, 0.1) is 11.3 Å². The van der Waals surface area contributed by atoms with Crippen molar-refractivity contribution in [1.29, 1.82) is 5.26 Å². The van der Waals surface area contributed by atoms with E-state index in [4.69, 9.17) is 5.26 Å². The third kappa shape index (κ3) is 3.64. The van der Waals surface area contributed by atoms with Gasteiger partial charge in [-0.25, -0.2) is 4.98 Å². The molecule has 0 atom stereocenters. The predicted octanol–water partition coefficient (Wildman–Crippen LogP) is 3.86. The molecule has 154 valence electrons. The molecule has 0 aliphatic heterocycles. The van der Waals surface area contributed by atoms with E-state index >= 15 is 0 Å². The van der Waals surface area contributed by atoms with E-state index in [1.807, 2.05) is 0 Å². The number of aromatic amines is 1. The number of nitrogens with zero attached hydrogens (tertiary/aromatic N) is 3. The van der Waals surface area contributed by atoms with Gasteiger partial charge in [0, 0.05) is 35.1 Å². The van der Waals surface area contributed by atoms with Crippen LogP contribution in [0.2, 0.25) is 0 Å². The van der Waals surface area contributed by atoms with Gasteiger partial charge in [-0.1, -0.05) is 6.07 Å². The van der Waals surface area contributed by atoms with Crippen LogP contribution in [0.4, 0.5) is 18.9 Å². The summed E-state index contributed by atoms with van der Waals surface area (Å²) in [6, 6.07) is 11.3.